The van der Waals surface area contributed by atoms with E-state index < -0.39 is 0 Å². The third-order valence-electron chi connectivity index (χ3n) is 2.59. The Hall–Kier alpha value is -0.380. The van der Waals surface area contributed by atoms with Gasteiger partial charge in [-0.25, -0.2) is 0 Å². The molecule has 2 nitrogen and oxygen atoms in total. The first kappa shape index (κ1) is 10.1. The molecular formula is C11H17NOS. The monoisotopic (exact) mass is 211 g/mol. The van der Waals surface area contributed by atoms with E-state index in [0.29, 0.717) is 6.10 Å². The minimum atomic E-state index is 0.250. The molecular weight excluding hydrogens is 194 g/mol. The Balaban J connectivity index is 1.84. The lowest BCUT2D eigenvalue weighted by atomic mass is 10.1. The van der Waals surface area contributed by atoms with Crippen LogP contribution < -0.4 is 5.32 Å². The number of hydrogen-bond donors (Lipinski definition) is 1. The van der Waals surface area contributed by atoms with Gasteiger partial charge in [0.2, 0.25) is 0 Å². The minimum absolute atomic E-state index is 0.250. The Bertz CT molecular complexity index is 254. The van der Waals surface area contributed by atoms with E-state index in [9.17, 15) is 0 Å². The van der Waals surface area contributed by atoms with Crippen molar-refractivity contribution in [3.05, 3.63) is 22.4 Å². The van der Waals surface area contributed by atoms with Crippen LogP contribution in [0.3, 0.4) is 0 Å². The summed E-state index contributed by atoms with van der Waals surface area (Å²) in [6.07, 6.45) is 3.09. The van der Waals surface area contributed by atoms with Gasteiger partial charge in [0, 0.05) is 11.4 Å². The molecule has 0 bridgehead atoms. The van der Waals surface area contributed by atoms with Crippen LogP contribution in [-0.4, -0.2) is 19.2 Å². The molecule has 0 aliphatic carbocycles. The number of ether oxygens (including phenoxy) is 1. The van der Waals surface area contributed by atoms with Gasteiger partial charge in [-0.1, -0.05) is 6.07 Å². The molecule has 1 aromatic rings. The lowest BCUT2D eigenvalue weighted by Crippen LogP contribution is -2.35. The molecule has 2 atom stereocenters. The average molecular weight is 211 g/mol. The summed E-state index contributed by atoms with van der Waals surface area (Å²) in [5.74, 6) is 0. The SMILES string of the molecule is CC(O[C@@H]1CCCNC1)c1cccs1. The summed E-state index contributed by atoms with van der Waals surface area (Å²) in [5.41, 5.74) is 0. The van der Waals surface area contributed by atoms with Gasteiger partial charge >= 0.3 is 0 Å². The fraction of sp³-hybridized carbons (Fsp3) is 0.636. The molecule has 0 radical (unpaired) electrons. The molecule has 14 heavy (non-hydrogen) atoms. The lowest BCUT2D eigenvalue weighted by Gasteiger charge is -2.26. The highest BCUT2D eigenvalue weighted by Gasteiger charge is 2.17. The van der Waals surface area contributed by atoms with Crippen molar-refractivity contribution < 1.29 is 4.74 Å². The second-order valence-corrected chi connectivity index (χ2v) is 4.74. The molecule has 0 amide bonds. The number of nitrogens with one attached hydrogen (secondary N) is 1. The number of piperidine rings is 1. The van der Waals surface area contributed by atoms with Crippen LogP contribution in [0.25, 0.3) is 0 Å². The zero-order valence-electron chi connectivity index (χ0n) is 8.53. The highest BCUT2D eigenvalue weighted by molar-refractivity contribution is 7.10. The van der Waals surface area contributed by atoms with Crippen LogP contribution in [0.1, 0.15) is 30.7 Å². The molecule has 2 heterocycles. The normalized spacial score (nSPS) is 24.8. The van der Waals surface area contributed by atoms with Gasteiger partial charge in [0.25, 0.3) is 0 Å². The Morgan fingerprint density at radius 1 is 1.64 bits per heavy atom. The number of thiophene rings is 1. The molecule has 1 aromatic heterocycles. The van der Waals surface area contributed by atoms with Crippen LogP contribution in [0.5, 0.6) is 0 Å². The van der Waals surface area contributed by atoms with Gasteiger partial charge in [0.1, 0.15) is 0 Å². The Morgan fingerprint density at radius 3 is 3.21 bits per heavy atom. The predicted octanol–water partition coefficient (Wildman–Crippen LogP) is 2.58. The summed E-state index contributed by atoms with van der Waals surface area (Å²) in [6, 6.07) is 4.23. The van der Waals surface area contributed by atoms with E-state index in [0.717, 1.165) is 13.1 Å². The maximum atomic E-state index is 5.98. The largest absolute Gasteiger partial charge is 0.368 e. The molecule has 1 saturated heterocycles. The van der Waals surface area contributed by atoms with Crippen molar-refractivity contribution in [2.75, 3.05) is 13.1 Å². The van der Waals surface area contributed by atoms with E-state index in [2.05, 4.69) is 29.8 Å². The van der Waals surface area contributed by atoms with Crippen molar-refractivity contribution in [1.82, 2.24) is 5.32 Å². The van der Waals surface area contributed by atoms with Gasteiger partial charge in [-0.3, -0.25) is 0 Å². The van der Waals surface area contributed by atoms with Crippen molar-refractivity contribution in [1.29, 1.82) is 0 Å². The van der Waals surface area contributed by atoms with Gasteiger partial charge in [0.05, 0.1) is 12.2 Å². The third-order valence-corrected chi connectivity index (χ3v) is 3.63. The Kier molecular flexibility index (Phi) is 3.56. The lowest BCUT2D eigenvalue weighted by molar-refractivity contribution is -0.0133. The van der Waals surface area contributed by atoms with Gasteiger partial charge in [-0.2, -0.15) is 0 Å². The molecule has 78 valence electrons. The summed E-state index contributed by atoms with van der Waals surface area (Å²) in [7, 11) is 0. The Morgan fingerprint density at radius 2 is 2.57 bits per heavy atom. The zero-order valence-corrected chi connectivity index (χ0v) is 9.35. The molecule has 1 N–H and O–H groups in total. The number of hydrogen-bond acceptors (Lipinski definition) is 3. The molecule has 0 spiro atoms. The van der Waals surface area contributed by atoms with E-state index >= 15 is 0 Å². The maximum absolute atomic E-state index is 5.98. The molecule has 1 fully saturated rings. The smallest absolute Gasteiger partial charge is 0.0893 e. The highest BCUT2D eigenvalue weighted by atomic mass is 32.1. The van der Waals surface area contributed by atoms with E-state index in [1.165, 1.54) is 17.7 Å². The predicted molar refractivity (Wildman–Crippen MR) is 59.7 cm³/mol. The topological polar surface area (TPSA) is 21.3 Å². The molecule has 1 unspecified atom stereocenters. The molecule has 0 saturated carbocycles. The minimum Gasteiger partial charge on any atom is -0.368 e. The molecule has 3 heteroatoms. The van der Waals surface area contributed by atoms with Gasteiger partial charge in [0.15, 0.2) is 0 Å². The average Bonchev–Trinajstić information content (AvgIpc) is 2.72. The van der Waals surface area contributed by atoms with Crippen molar-refractivity contribution in [3.8, 4) is 0 Å². The van der Waals surface area contributed by atoms with Crippen LogP contribution in [0.2, 0.25) is 0 Å². The van der Waals surface area contributed by atoms with E-state index in [1.54, 1.807) is 11.3 Å². The van der Waals surface area contributed by atoms with Gasteiger partial charge in [-0.05, 0) is 37.8 Å². The van der Waals surface area contributed by atoms with Crippen molar-refractivity contribution in [2.45, 2.75) is 32.0 Å². The Labute approximate surface area is 89.3 Å². The van der Waals surface area contributed by atoms with Crippen LogP contribution in [0.15, 0.2) is 17.5 Å². The molecule has 1 aliphatic rings. The van der Waals surface area contributed by atoms with Crippen LogP contribution in [0, 0.1) is 0 Å². The molecule has 1 aliphatic heterocycles. The standard InChI is InChI=1S/C11H17NOS/c1-9(11-5-3-7-14-11)13-10-4-2-6-12-8-10/h3,5,7,9-10,12H,2,4,6,8H2,1H3/t9?,10-/m1/s1. The van der Waals surface area contributed by atoms with E-state index in [4.69, 9.17) is 4.74 Å². The third kappa shape index (κ3) is 2.56. The van der Waals surface area contributed by atoms with Crippen molar-refractivity contribution in [3.63, 3.8) is 0 Å². The molecule has 2 rings (SSSR count). The van der Waals surface area contributed by atoms with Gasteiger partial charge < -0.3 is 10.1 Å². The molecule has 0 aromatic carbocycles. The fourth-order valence-corrected chi connectivity index (χ4v) is 2.53. The van der Waals surface area contributed by atoms with Gasteiger partial charge in [-0.15, -0.1) is 11.3 Å². The maximum Gasteiger partial charge on any atom is 0.0893 e. The first-order valence-electron chi connectivity index (χ1n) is 5.26. The van der Waals surface area contributed by atoms with Crippen molar-refractivity contribution in [2.24, 2.45) is 0 Å². The first-order valence-corrected chi connectivity index (χ1v) is 6.14. The van der Waals surface area contributed by atoms with Crippen LogP contribution in [-0.2, 0) is 4.74 Å². The fourth-order valence-electron chi connectivity index (χ4n) is 1.81. The van der Waals surface area contributed by atoms with Crippen LogP contribution in [0.4, 0.5) is 0 Å². The summed E-state index contributed by atoms with van der Waals surface area (Å²) < 4.78 is 5.98. The van der Waals surface area contributed by atoms with E-state index in [-0.39, 0.29) is 6.10 Å². The zero-order chi connectivity index (χ0) is 9.80. The second-order valence-electron chi connectivity index (χ2n) is 3.76. The van der Waals surface area contributed by atoms with Crippen LogP contribution >= 0.6 is 11.3 Å². The summed E-state index contributed by atoms with van der Waals surface area (Å²) in [4.78, 5) is 1.33. The number of rotatable bonds is 3. The summed E-state index contributed by atoms with van der Waals surface area (Å²) >= 11 is 1.77. The summed E-state index contributed by atoms with van der Waals surface area (Å²) in [5, 5.41) is 5.47. The first-order chi connectivity index (χ1) is 6.86. The quantitative estimate of drug-likeness (QED) is 0.829. The highest BCUT2D eigenvalue weighted by Crippen LogP contribution is 2.24. The second kappa shape index (κ2) is 4.91. The van der Waals surface area contributed by atoms with Crippen molar-refractivity contribution >= 4 is 11.3 Å². The van der Waals surface area contributed by atoms with E-state index in [1.807, 2.05) is 0 Å². The summed E-state index contributed by atoms with van der Waals surface area (Å²) in [6.45, 7) is 4.30.